The minimum Gasteiger partial charge on any atom is -0.358 e. The molecule has 0 aliphatic carbocycles. The molecule has 1 saturated heterocycles. The lowest BCUT2D eigenvalue weighted by atomic mass is 10.2. The number of likely N-dealkylation sites (tertiary alicyclic amines) is 1. The molecule has 0 radical (unpaired) electrons. The van der Waals surface area contributed by atoms with Crippen molar-refractivity contribution in [2.75, 3.05) is 18.4 Å². The Labute approximate surface area is 117 Å². The molecular formula is C13H15ClN2OS. The fourth-order valence-electron chi connectivity index (χ4n) is 1.98. The Bertz CT molecular complexity index is 484. The summed E-state index contributed by atoms with van der Waals surface area (Å²) in [5.41, 5.74) is 1.57. The van der Waals surface area contributed by atoms with E-state index in [0.717, 1.165) is 31.5 Å². The number of carbonyl (C=O) groups excluding carboxylic acids is 1. The average Bonchev–Trinajstić information content (AvgIpc) is 2.87. The molecule has 2 rings (SSSR count). The smallest absolute Gasteiger partial charge is 0.283 e. The minimum absolute atomic E-state index is 0.225. The van der Waals surface area contributed by atoms with E-state index in [-0.39, 0.29) is 5.91 Å². The molecule has 0 unspecified atom stereocenters. The van der Waals surface area contributed by atoms with E-state index in [1.807, 2.05) is 24.0 Å². The molecule has 0 bridgehead atoms. The van der Waals surface area contributed by atoms with E-state index in [2.05, 4.69) is 5.32 Å². The van der Waals surface area contributed by atoms with E-state index in [9.17, 15) is 4.79 Å². The number of rotatable bonds is 1. The fraction of sp³-hybridized carbons (Fsp3) is 0.385. The molecular weight excluding hydrogens is 268 g/mol. The lowest BCUT2D eigenvalue weighted by molar-refractivity contribution is -0.110. The number of benzene rings is 1. The van der Waals surface area contributed by atoms with Crippen LogP contribution in [-0.2, 0) is 4.79 Å². The van der Waals surface area contributed by atoms with Gasteiger partial charge in [0.05, 0.1) is 0 Å². The summed E-state index contributed by atoms with van der Waals surface area (Å²) in [7, 11) is 0. The molecule has 1 heterocycles. The van der Waals surface area contributed by atoms with Gasteiger partial charge in [0.1, 0.15) is 0 Å². The van der Waals surface area contributed by atoms with E-state index >= 15 is 0 Å². The van der Waals surface area contributed by atoms with Crippen molar-refractivity contribution in [3.8, 4) is 0 Å². The van der Waals surface area contributed by atoms with Gasteiger partial charge in [-0.25, -0.2) is 0 Å². The summed E-state index contributed by atoms with van der Waals surface area (Å²) in [6, 6.07) is 5.43. The van der Waals surface area contributed by atoms with Gasteiger partial charge in [-0.1, -0.05) is 29.9 Å². The Morgan fingerprint density at radius 3 is 2.72 bits per heavy atom. The van der Waals surface area contributed by atoms with Crippen molar-refractivity contribution in [3.05, 3.63) is 28.8 Å². The number of amides is 1. The van der Waals surface area contributed by atoms with Crippen LogP contribution in [0.4, 0.5) is 5.69 Å². The first kappa shape index (κ1) is 13.3. The van der Waals surface area contributed by atoms with Crippen molar-refractivity contribution in [1.29, 1.82) is 0 Å². The van der Waals surface area contributed by atoms with Gasteiger partial charge in [0.2, 0.25) is 0 Å². The maximum absolute atomic E-state index is 12.0. The molecule has 1 aromatic carbocycles. The number of nitrogens with one attached hydrogen (secondary N) is 1. The van der Waals surface area contributed by atoms with Crippen LogP contribution in [0.1, 0.15) is 18.4 Å². The third-order valence-corrected chi connectivity index (χ3v) is 3.96. The molecule has 0 spiro atoms. The molecule has 1 fully saturated rings. The second-order valence-corrected chi connectivity index (χ2v) is 5.16. The highest BCUT2D eigenvalue weighted by molar-refractivity contribution is 7.82. The zero-order valence-corrected chi connectivity index (χ0v) is 11.8. The maximum Gasteiger partial charge on any atom is 0.283 e. The summed E-state index contributed by atoms with van der Waals surface area (Å²) in [4.78, 5) is 14.3. The largest absolute Gasteiger partial charge is 0.358 e. The molecule has 0 saturated carbocycles. The topological polar surface area (TPSA) is 32.3 Å². The van der Waals surface area contributed by atoms with Crippen molar-refractivity contribution in [3.63, 3.8) is 0 Å². The lowest BCUT2D eigenvalue weighted by Crippen LogP contribution is -2.36. The first-order valence-electron chi connectivity index (χ1n) is 5.95. The summed E-state index contributed by atoms with van der Waals surface area (Å²) in [6.45, 7) is 3.62. The van der Waals surface area contributed by atoms with Gasteiger partial charge in [-0.2, -0.15) is 0 Å². The molecule has 3 nitrogen and oxygen atoms in total. The predicted molar refractivity (Wildman–Crippen MR) is 78.2 cm³/mol. The zero-order chi connectivity index (χ0) is 13.1. The molecule has 1 aliphatic rings. The van der Waals surface area contributed by atoms with Gasteiger partial charge >= 0.3 is 0 Å². The highest BCUT2D eigenvalue weighted by atomic mass is 35.5. The number of nitrogens with zero attached hydrogens (tertiary/aromatic N) is 1. The first-order chi connectivity index (χ1) is 8.59. The second kappa shape index (κ2) is 5.67. The molecule has 0 atom stereocenters. The van der Waals surface area contributed by atoms with Crippen LogP contribution < -0.4 is 5.32 Å². The Balaban J connectivity index is 2.06. The highest BCUT2D eigenvalue weighted by Crippen LogP contribution is 2.23. The number of halogens is 1. The molecule has 1 aliphatic heterocycles. The number of carbonyl (C=O) groups is 1. The van der Waals surface area contributed by atoms with Crippen molar-refractivity contribution >= 4 is 40.4 Å². The number of hydrogen-bond acceptors (Lipinski definition) is 2. The third-order valence-electron chi connectivity index (χ3n) is 3.10. The predicted octanol–water partition coefficient (Wildman–Crippen LogP) is 3.01. The summed E-state index contributed by atoms with van der Waals surface area (Å²) in [6.07, 6.45) is 2.20. The van der Waals surface area contributed by atoms with E-state index in [1.165, 1.54) is 0 Å². The average molecular weight is 283 g/mol. The number of hydrogen-bond donors (Lipinski definition) is 1. The van der Waals surface area contributed by atoms with Gasteiger partial charge in [-0.15, -0.1) is 0 Å². The Hall–Kier alpha value is -1.13. The number of anilines is 1. The zero-order valence-electron chi connectivity index (χ0n) is 10.2. The Morgan fingerprint density at radius 1 is 1.39 bits per heavy atom. The van der Waals surface area contributed by atoms with E-state index < -0.39 is 0 Å². The molecule has 1 aromatic rings. The molecule has 96 valence electrons. The van der Waals surface area contributed by atoms with E-state index in [1.54, 1.807) is 6.07 Å². The van der Waals surface area contributed by atoms with Crippen LogP contribution in [0.2, 0.25) is 5.02 Å². The van der Waals surface area contributed by atoms with Crippen LogP contribution in [0.3, 0.4) is 0 Å². The second-order valence-electron chi connectivity index (χ2n) is 4.37. The normalized spacial score (nSPS) is 14.7. The quantitative estimate of drug-likeness (QED) is 0.804. The third kappa shape index (κ3) is 2.82. The van der Waals surface area contributed by atoms with Crippen LogP contribution in [0.15, 0.2) is 18.2 Å². The van der Waals surface area contributed by atoms with Crippen molar-refractivity contribution in [1.82, 2.24) is 4.90 Å². The van der Waals surface area contributed by atoms with Crippen molar-refractivity contribution in [2.24, 2.45) is 0 Å². The van der Waals surface area contributed by atoms with Gasteiger partial charge in [0.15, 0.2) is 4.99 Å². The summed E-state index contributed by atoms with van der Waals surface area (Å²) in [5.74, 6) is -0.225. The van der Waals surface area contributed by atoms with E-state index in [0.29, 0.717) is 15.7 Å². The van der Waals surface area contributed by atoms with Gasteiger partial charge in [-0.05, 0) is 37.5 Å². The van der Waals surface area contributed by atoms with Crippen LogP contribution >= 0.6 is 23.8 Å². The van der Waals surface area contributed by atoms with Crippen molar-refractivity contribution in [2.45, 2.75) is 19.8 Å². The molecule has 18 heavy (non-hydrogen) atoms. The Kier molecular flexibility index (Phi) is 4.19. The minimum atomic E-state index is -0.225. The maximum atomic E-state index is 12.0. The summed E-state index contributed by atoms with van der Waals surface area (Å²) >= 11 is 11.2. The summed E-state index contributed by atoms with van der Waals surface area (Å²) < 4.78 is 0. The van der Waals surface area contributed by atoms with Crippen LogP contribution in [0.5, 0.6) is 0 Å². The van der Waals surface area contributed by atoms with Crippen LogP contribution in [0.25, 0.3) is 0 Å². The van der Waals surface area contributed by atoms with Gasteiger partial charge < -0.3 is 10.2 Å². The first-order valence-corrected chi connectivity index (χ1v) is 6.73. The molecule has 5 heteroatoms. The fourth-order valence-corrected chi connectivity index (χ4v) is 2.39. The molecule has 0 aromatic heterocycles. The van der Waals surface area contributed by atoms with Gasteiger partial charge in [0.25, 0.3) is 5.91 Å². The number of thiocarbonyl (C=S) groups is 1. The molecule has 1 amide bonds. The standard InChI is InChI=1S/C13H15ClN2OS/c1-9-10(14)5-4-6-11(9)15-12(17)13(18)16-7-2-3-8-16/h4-6H,2-3,7-8H2,1H3,(H,15,17). The summed E-state index contributed by atoms with van der Waals surface area (Å²) in [5, 5.41) is 3.46. The SMILES string of the molecule is Cc1c(Cl)cccc1NC(=O)C(=S)N1CCCC1. The monoisotopic (exact) mass is 282 g/mol. The lowest BCUT2D eigenvalue weighted by Gasteiger charge is -2.18. The molecule has 1 N–H and O–H groups in total. The van der Waals surface area contributed by atoms with Crippen LogP contribution in [-0.4, -0.2) is 28.9 Å². The van der Waals surface area contributed by atoms with Crippen molar-refractivity contribution < 1.29 is 4.79 Å². The van der Waals surface area contributed by atoms with Crippen LogP contribution in [0, 0.1) is 6.92 Å². The highest BCUT2D eigenvalue weighted by Gasteiger charge is 2.21. The Morgan fingerprint density at radius 2 is 2.06 bits per heavy atom. The van der Waals surface area contributed by atoms with Gasteiger partial charge in [-0.3, -0.25) is 4.79 Å². The van der Waals surface area contributed by atoms with E-state index in [4.69, 9.17) is 23.8 Å². The van der Waals surface area contributed by atoms with Gasteiger partial charge in [0, 0.05) is 23.8 Å².